The van der Waals surface area contributed by atoms with Gasteiger partial charge in [0, 0.05) is 21.6 Å². The van der Waals surface area contributed by atoms with E-state index in [0.717, 1.165) is 40.0 Å². The van der Waals surface area contributed by atoms with Gasteiger partial charge in [-0.1, -0.05) is 46.3 Å². The zero-order valence-corrected chi connectivity index (χ0v) is 20.7. The van der Waals surface area contributed by atoms with Gasteiger partial charge < -0.3 is 9.30 Å². The molecule has 0 aliphatic carbocycles. The summed E-state index contributed by atoms with van der Waals surface area (Å²) in [5.74, 6) is 0.625. The van der Waals surface area contributed by atoms with Gasteiger partial charge in [0.2, 0.25) is 0 Å². The summed E-state index contributed by atoms with van der Waals surface area (Å²) in [5.41, 5.74) is 7.13. The summed E-state index contributed by atoms with van der Waals surface area (Å²) >= 11 is 3.54. The summed E-state index contributed by atoms with van der Waals surface area (Å²) in [6, 6.07) is 23.9. The normalized spacial score (nSPS) is 10.9. The van der Waals surface area contributed by atoms with Crippen molar-refractivity contribution < 1.29 is 9.53 Å². The van der Waals surface area contributed by atoms with E-state index in [2.05, 4.69) is 65.5 Å². The molecule has 0 amide bonds. The molecule has 0 saturated carbocycles. The predicted molar refractivity (Wildman–Crippen MR) is 135 cm³/mol. The Morgan fingerprint density at radius 1 is 0.879 bits per heavy atom. The van der Waals surface area contributed by atoms with Crippen LogP contribution in [0.4, 0.5) is 0 Å². The number of benzene rings is 2. The number of hydrogen-bond acceptors (Lipinski definition) is 3. The van der Waals surface area contributed by atoms with Gasteiger partial charge in [0.15, 0.2) is 0 Å². The quantitative estimate of drug-likeness (QED) is 0.264. The summed E-state index contributed by atoms with van der Waals surface area (Å²) in [6.07, 6.45) is 1.56. The Balaban J connectivity index is 1.48. The number of aromatic nitrogens is 2. The average Bonchev–Trinajstić information content (AvgIpc) is 3.14. The number of ether oxygens (including phenoxy) is 1. The summed E-state index contributed by atoms with van der Waals surface area (Å²) in [6.45, 7) is 6.55. The van der Waals surface area contributed by atoms with Crippen LogP contribution in [0, 0.1) is 20.8 Å². The van der Waals surface area contributed by atoms with Crippen LogP contribution < -0.4 is 0 Å². The minimum absolute atomic E-state index is 0.260. The van der Waals surface area contributed by atoms with Crippen molar-refractivity contribution in [3.8, 4) is 5.82 Å². The molecule has 2 aromatic heterocycles. The van der Waals surface area contributed by atoms with Crippen LogP contribution in [0.2, 0.25) is 0 Å². The largest absolute Gasteiger partial charge is 0.457 e. The molecular formula is C28H27BrN2O2. The van der Waals surface area contributed by atoms with E-state index in [1.54, 1.807) is 6.07 Å². The Bertz CT molecular complexity index is 1260. The summed E-state index contributed by atoms with van der Waals surface area (Å²) in [7, 11) is 0. The smallest absolute Gasteiger partial charge is 0.338 e. The molecule has 0 atom stereocenters. The number of halogens is 1. The molecule has 0 aliphatic rings. The number of nitrogens with zero attached hydrogens (tertiary/aromatic N) is 2. The highest BCUT2D eigenvalue weighted by molar-refractivity contribution is 9.10. The molecule has 0 spiro atoms. The lowest BCUT2D eigenvalue weighted by Crippen LogP contribution is -2.07. The zero-order valence-electron chi connectivity index (χ0n) is 19.1. The molecule has 4 rings (SSSR count). The van der Waals surface area contributed by atoms with E-state index >= 15 is 0 Å². The van der Waals surface area contributed by atoms with Crippen molar-refractivity contribution in [3.05, 3.63) is 117 Å². The van der Waals surface area contributed by atoms with E-state index in [4.69, 9.17) is 9.72 Å². The Kier molecular flexibility index (Phi) is 7.09. The highest BCUT2D eigenvalue weighted by Gasteiger charge is 2.12. The van der Waals surface area contributed by atoms with Crippen molar-refractivity contribution in [2.75, 3.05) is 0 Å². The molecule has 0 saturated heterocycles. The maximum Gasteiger partial charge on any atom is 0.338 e. The molecule has 2 aromatic carbocycles. The molecule has 168 valence electrons. The molecular weight excluding hydrogens is 476 g/mol. The monoisotopic (exact) mass is 502 g/mol. The number of rotatable bonds is 7. The number of pyridine rings is 1. The lowest BCUT2D eigenvalue weighted by Gasteiger charge is -2.12. The first kappa shape index (κ1) is 23.0. The number of carbonyl (C=O) groups excluding carboxylic acids is 1. The first-order chi connectivity index (χ1) is 15.9. The van der Waals surface area contributed by atoms with Crippen LogP contribution in [0.25, 0.3) is 5.82 Å². The first-order valence-corrected chi connectivity index (χ1v) is 11.8. The summed E-state index contributed by atoms with van der Waals surface area (Å²) < 4.78 is 8.55. The van der Waals surface area contributed by atoms with Crippen molar-refractivity contribution in [1.82, 2.24) is 9.55 Å². The second-order valence-corrected chi connectivity index (χ2v) is 9.27. The fourth-order valence-electron chi connectivity index (χ4n) is 3.98. The number of esters is 1. The van der Waals surface area contributed by atoms with Gasteiger partial charge in [-0.3, -0.25) is 0 Å². The van der Waals surface area contributed by atoms with Crippen LogP contribution in [0.1, 0.15) is 44.1 Å². The van der Waals surface area contributed by atoms with Gasteiger partial charge in [0.1, 0.15) is 12.4 Å². The third-order valence-electron chi connectivity index (χ3n) is 5.59. The standard InChI is InChI=1S/C28H27BrN2O2/c1-19-13-26(30-27(14-19)31-20(2)9-10-21(31)3)12-11-23-15-24(17-25(29)16-23)28(32)33-18-22-7-5-4-6-8-22/h4-10,13-17H,11-12,18H2,1-3H3. The maximum atomic E-state index is 12.6. The predicted octanol–water partition coefficient (Wildman–Crippen LogP) is 6.70. The third kappa shape index (κ3) is 5.79. The van der Waals surface area contributed by atoms with Crippen LogP contribution in [-0.2, 0) is 24.2 Å². The van der Waals surface area contributed by atoms with Gasteiger partial charge in [-0.15, -0.1) is 0 Å². The van der Waals surface area contributed by atoms with Gasteiger partial charge in [0.25, 0.3) is 0 Å². The van der Waals surface area contributed by atoms with Crippen molar-refractivity contribution >= 4 is 21.9 Å². The summed E-state index contributed by atoms with van der Waals surface area (Å²) in [5, 5.41) is 0. The molecule has 0 aliphatic heterocycles. The van der Waals surface area contributed by atoms with Gasteiger partial charge >= 0.3 is 5.97 Å². The molecule has 0 radical (unpaired) electrons. The van der Waals surface area contributed by atoms with Crippen molar-refractivity contribution in [3.63, 3.8) is 0 Å². The van der Waals surface area contributed by atoms with Crippen LogP contribution in [0.15, 0.2) is 77.3 Å². The van der Waals surface area contributed by atoms with E-state index in [1.165, 1.54) is 17.0 Å². The summed E-state index contributed by atoms with van der Waals surface area (Å²) in [4.78, 5) is 17.5. The molecule has 0 unspecified atom stereocenters. The van der Waals surface area contributed by atoms with Crippen molar-refractivity contribution in [1.29, 1.82) is 0 Å². The van der Waals surface area contributed by atoms with E-state index < -0.39 is 0 Å². The molecule has 0 N–H and O–H groups in total. The highest BCUT2D eigenvalue weighted by atomic mass is 79.9. The van der Waals surface area contributed by atoms with Gasteiger partial charge in [-0.05, 0) is 92.8 Å². The molecule has 4 nitrogen and oxygen atoms in total. The van der Waals surface area contributed by atoms with E-state index in [0.29, 0.717) is 5.56 Å². The second kappa shape index (κ2) is 10.2. The Hall–Kier alpha value is -3.18. The number of aryl methyl sites for hydroxylation is 5. The van der Waals surface area contributed by atoms with Gasteiger partial charge in [-0.25, -0.2) is 9.78 Å². The average molecular weight is 503 g/mol. The number of hydrogen-bond donors (Lipinski definition) is 0. The zero-order chi connectivity index (χ0) is 23.4. The number of carbonyl (C=O) groups is 1. The minimum Gasteiger partial charge on any atom is -0.457 e. The van der Waals surface area contributed by atoms with Crippen molar-refractivity contribution in [2.24, 2.45) is 0 Å². The second-order valence-electron chi connectivity index (χ2n) is 8.36. The molecule has 2 heterocycles. The van der Waals surface area contributed by atoms with Crippen LogP contribution in [0.3, 0.4) is 0 Å². The molecule has 4 aromatic rings. The van der Waals surface area contributed by atoms with Gasteiger partial charge in [0.05, 0.1) is 5.56 Å². The third-order valence-corrected chi connectivity index (χ3v) is 6.04. The highest BCUT2D eigenvalue weighted by Crippen LogP contribution is 2.21. The fraction of sp³-hybridized carbons (Fsp3) is 0.214. The maximum absolute atomic E-state index is 12.6. The minimum atomic E-state index is -0.323. The van der Waals surface area contributed by atoms with E-state index in [1.807, 2.05) is 42.5 Å². The molecule has 5 heteroatoms. The van der Waals surface area contributed by atoms with E-state index in [9.17, 15) is 4.79 Å². The Morgan fingerprint density at radius 2 is 1.61 bits per heavy atom. The lowest BCUT2D eigenvalue weighted by molar-refractivity contribution is 0.0472. The van der Waals surface area contributed by atoms with Crippen LogP contribution >= 0.6 is 15.9 Å². The van der Waals surface area contributed by atoms with Gasteiger partial charge in [-0.2, -0.15) is 0 Å². The molecule has 0 bridgehead atoms. The van der Waals surface area contributed by atoms with Crippen LogP contribution in [0.5, 0.6) is 0 Å². The first-order valence-electron chi connectivity index (χ1n) is 11.0. The fourth-order valence-corrected chi connectivity index (χ4v) is 4.52. The molecule has 33 heavy (non-hydrogen) atoms. The van der Waals surface area contributed by atoms with E-state index in [-0.39, 0.29) is 12.6 Å². The Morgan fingerprint density at radius 3 is 2.33 bits per heavy atom. The molecule has 0 fully saturated rings. The Labute approximate surface area is 203 Å². The lowest BCUT2D eigenvalue weighted by atomic mass is 10.0. The van der Waals surface area contributed by atoms with Crippen LogP contribution in [-0.4, -0.2) is 15.5 Å². The van der Waals surface area contributed by atoms with Crippen molar-refractivity contribution in [2.45, 2.75) is 40.2 Å². The topological polar surface area (TPSA) is 44.1 Å². The SMILES string of the molecule is Cc1cc(CCc2cc(Br)cc(C(=O)OCc3ccccc3)c2)nc(-n2c(C)ccc2C)c1.